The Bertz CT molecular complexity index is 2540. The summed E-state index contributed by atoms with van der Waals surface area (Å²) in [5.41, 5.74) is 6.26. The van der Waals surface area contributed by atoms with Crippen LogP contribution in [0.5, 0.6) is 17.2 Å². The van der Waals surface area contributed by atoms with Crippen LogP contribution in [0.2, 0.25) is 0 Å². The molecule has 1 fully saturated rings. The highest BCUT2D eigenvalue weighted by molar-refractivity contribution is 5.95. The number of Topliss-reactive ketones (excluding diaryl/α,β-unsaturated/α-hetero) is 2. The van der Waals surface area contributed by atoms with Crippen molar-refractivity contribution < 1.29 is 34.1 Å². The largest absolute Gasteiger partial charge is 0.508 e. The molecule has 2 aromatic heterocycles. The van der Waals surface area contributed by atoms with Crippen molar-refractivity contribution in [3.63, 3.8) is 0 Å². The molecule has 3 aliphatic rings. The first-order valence-corrected chi connectivity index (χ1v) is 23.6. The summed E-state index contributed by atoms with van der Waals surface area (Å²) in [7, 11) is 1.51. The average molecular weight is 881 g/mol. The summed E-state index contributed by atoms with van der Waals surface area (Å²) in [5.74, 6) is 1.53. The summed E-state index contributed by atoms with van der Waals surface area (Å²) in [6, 6.07) is 18.5. The van der Waals surface area contributed by atoms with Gasteiger partial charge in [0.1, 0.15) is 29.2 Å². The lowest BCUT2D eigenvalue weighted by Crippen LogP contribution is -2.36. The number of anilines is 1. The zero-order valence-corrected chi connectivity index (χ0v) is 38.1. The van der Waals surface area contributed by atoms with Gasteiger partial charge in [0.05, 0.1) is 18.8 Å². The number of allylic oxidation sites excluding steroid dienone is 2. The quantitative estimate of drug-likeness (QED) is 0.106. The summed E-state index contributed by atoms with van der Waals surface area (Å²) in [5, 5.41) is 27.0. The van der Waals surface area contributed by atoms with E-state index in [0.29, 0.717) is 43.9 Å². The van der Waals surface area contributed by atoms with Gasteiger partial charge in [0, 0.05) is 86.7 Å². The number of fused-ring (bicyclic) bond motifs is 3. The van der Waals surface area contributed by atoms with E-state index in [2.05, 4.69) is 81.8 Å². The number of aromatic amines is 1. The van der Waals surface area contributed by atoms with Gasteiger partial charge in [0.2, 0.25) is 0 Å². The highest BCUT2D eigenvalue weighted by Crippen LogP contribution is 2.39. The lowest BCUT2D eigenvalue weighted by atomic mass is 9.82. The predicted molar refractivity (Wildman–Crippen MR) is 254 cm³/mol. The second-order valence-corrected chi connectivity index (χ2v) is 18.3. The number of phenols is 2. The first-order chi connectivity index (χ1) is 31.6. The SMILES string of the molecule is CC[C@@H]1CC[C@@H](OC(C)=O)CC(=O)C[C@H](c2ccc(O)c(OC)c2)n2cc3cccc(c3c2)N(CCC(=O)C2CCCCC2)C2=CC(=CCN2)[C@H](c2cccc(O)c2)Cc2c[nH]cc2C1. The van der Waals surface area contributed by atoms with E-state index < -0.39 is 18.1 Å². The van der Waals surface area contributed by atoms with E-state index in [1.54, 1.807) is 18.2 Å². The predicted octanol–water partition coefficient (Wildman–Crippen LogP) is 10.4. The number of hydrogen-bond acceptors (Lipinski definition) is 9. The van der Waals surface area contributed by atoms with Gasteiger partial charge in [-0.25, -0.2) is 0 Å². The van der Waals surface area contributed by atoms with Gasteiger partial charge in [0.25, 0.3) is 0 Å². The fourth-order valence-corrected chi connectivity index (χ4v) is 10.4. The summed E-state index contributed by atoms with van der Waals surface area (Å²) >= 11 is 0. The Balaban J connectivity index is 1.27. The molecule has 8 rings (SSSR count). The van der Waals surface area contributed by atoms with Crippen LogP contribution in [0, 0.1) is 11.8 Å². The van der Waals surface area contributed by atoms with E-state index in [1.807, 2.05) is 24.3 Å². The molecule has 5 aromatic rings. The first kappa shape index (κ1) is 45.3. The lowest BCUT2D eigenvalue weighted by Gasteiger charge is -2.33. The number of ketones is 2. The molecule has 2 aliphatic heterocycles. The van der Waals surface area contributed by atoms with Crippen molar-refractivity contribution in [3.05, 3.63) is 131 Å². The Morgan fingerprint density at radius 2 is 1.66 bits per heavy atom. The van der Waals surface area contributed by atoms with Gasteiger partial charge in [-0.1, -0.05) is 69.0 Å². The second-order valence-electron chi connectivity index (χ2n) is 18.3. The summed E-state index contributed by atoms with van der Waals surface area (Å²) in [6.45, 7) is 4.63. The monoisotopic (exact) mass is 880 g/mol. The van der Waals surface area contributed by atoms with Crippen LogP contribution in [0.3, 0.4) is 0 Å². The molecule has 1 saturated carbocycles. The third-order valence-corrected chi connectivity index (χ3v) is 14.0. The van der Waals surface area contributed by atoms with E-state index in [0.717, 1.165) is 83.9 Å². The zero-order valence-electron chi connectivity index (χ0n) is 38.1. The minimum Gasteiger partial charge on any atom is -0.508 e. The van der Waals surface area contributed by atoms with E-state index >= 15 is 0 Å². The molecular weight excluding hydrogens is 817 g/mol. The molecule has 0 saturated heterocycles. The van der Waals surface area contributed by atoms with Crippen molar-refractivity contribution in [1.82, 2.24) is 14.9 Å². The van der Waals surface area contributed by atoms with E-state index in [-0.39, 0.29) is 47.9 Å². The minimum atomic E-state index is -0.578. The molecule has 4 atom stereocenters. The molecule has 4 N–H and O–H groups in total. The molecule has 1 aliphatic carbocycles. The molecule has 11 nitrogen and oxygen atoms in total. The number of benzene rings is 3. The Morgan fingerprint density at radius 1 is 0.862 bits per heavy atom. The summed E-state index contributed by atoms with van der Waals surface area (Å²) in [6.07, 6.45) is 21.8. The fourth-order valence-electron chi connectivity index (χ4n) is 10.4. The number of esters is 1. The number of dihydropyridines is 1. The average Bonchev–Trinajstić information content (AvgIpc) is 3.95. The minimum absolute atomic E-state index is 0.00351. The van der Waals surface area contributed by atoms with Crippen molar-refractivity contribution in [2.75, 3.05) is 25.1 Å². The molecule has 342 valence electrons. The number of nitrogens with one attached hydrogen (secondary N) is 2. The molecule has 0 radical (unpaired) electrons. The Kier molecular flexibility index (Phi) is 14.5. The van der Waals surface area contributed by atoms with Crippen LogP contribution in [0.4, 0.5) is 5.69 Å². The molecule has 3 aromatic carbocycles. The van der Waals surface area contributed by atoms with Gasteiger partial charge in [-0.3, -0.25) is 14.4 Å². The molecule has 0 spiro atoms. The number of H-pyrrole nitrogens is 1. The highest BCUT2D eigenvalue weighted by atomic mass is 16.5. The molecule has 4 bridgehead atoms. The number of carbonyl (C=O) groups is 3. The molecule has 65 heavy (non-hydrogen) atoms. The van der Waals surface area contributed by atoms with Gasteiger partial charge in [-0.15, -0.1) is 0 Å². The molecule has 0 amide bonds. The van der Waals surface area contributed by atoms with Gasteiger partial charge in [-0.05, 0) is 109 Å². The van der Waals surface area contributed by atoms with Crippen LogP contribution in [0.15, 0.2) is 109 Å². The van der Waals surface area contributed by atoms with Crippen molar-refractivity contribution in [3.8, 4) is 17.2 Å². The van der Waals surface area contributed by atoms with Crippen LogP contribution in [-0.2, 0) is 32.0 Å². The Morgan fingerprint density at radius 3 is 2.43 bits per heavy atom. The maximum Gasteiger partial charge on any atom is 0.302 e. The van der Waals surface area contributed by atoms with Crippen molar-refractivity contribution in [1.29, 1.82) is 0 Å². The topological polar surface area (TPSA) is 146 Å². The molecule has 4 heterocycles. The number of methoxy groups -OCH3 is 1. The van der Waals surface area contributed by atoms with E-state index in [4.69, 9.17) is 9.47 Å². The zero-order chi connectivity index (χ0) is 45.5. The number of aromatic nitrogens is 2. The maximum atomic E-state index is 14.4. The van der Waals surface area contributed by atoms with Gasteiger partial charge in [0.15, 0.2) is 11.5 Å². The summed E-state index contributed by atoms with van der Waals surface area (Å²) in [4.78, 5) is 46.4. The standard InChI is InChI=1S/C54H64N4O7/c1-4-36-16-18-46(65-35(2)59)29-45(61)30-50(40-17-19-52(63)53(27-40)64-3)57-33-41-13-9-15-49(48(41)34-57)58(23-21-51(62)37-10-6-5-7-11-37)54-28-39(20-22-56-54)47(38-12-8-14-44(60)25-38)26-43-32-55-31-42(43)24-36/h8-9,12-15,17,19-20,25,27-28,31-34,36-37,46-47,50,55-56,60,63H,4-7,10-11,16,18,21-24,26,29-30H2,1-3H3/t36-,46-,47+,50-/m1/s1. The van der Waals surface area contributed by atoms with Crippen LogP contribution in [0.1, 0.15) is 119 Å². The van der Waals surface area contributed by atoms with Crippen molar-refractivity contribution in [2.45, 2.75) is 115 Å². The van der Waals surface area contributed by atoms with Crippen molar-refractivity contribution >= 4 is 34.0 Å². The number of carbonyl (C=O) groups excluding carboxylic acids is 3. The molecule has 0 unspecified atom stereocenters. The third kappa shape index (κ3) is 10.8. The van der Waals surface area contributed by atoms with E-state index in [9.17, 15) is 24.6 Å². The van der Waals surface area contributed by atoms with Gasteiger partial charge >= 0.3 is 5.97 Å². The number of ether oxygens (including phenoxy) is 2. The lowest BCUT2D eigenvalue weighted by molar-refractivity contribution is -0.148. The van der Waals surface area contributed by atoms with E-state index in [1.165, 1.54) is 31.6 Å². The van der Waals surface area contributed by atoms with Crippen LogP contribution >= 0.6 is 0 Å². The third-order valence-electron chi connectivity index (χ3n) is 14.0. The second kappa shape index (κ2) is 20.7. The normalized spacial score (nSPS) is 21.4. The van der Waals surface area contributed by atoms with Crippen LogP contribution < -0.4 is 15.0 Å². The number of aromatic hydroxyl groups is 2. The smallest absolute Gasteiger partial charge is 0.302 e. The fraction of sp³-hybridized carbons (Fsp3) is 0.426. The number of rotatable bonds is 9. The maximum absolute atomic E-state index is 14.4. The van der Waals surface area contributed by atoms with Gasteiger partial charge < -0.3 is 39.5 Å². The van der Waals surface area contributed by atoms with Crippen LogP contribution in [0.25, 0.3) is 10.8 Å². The Labute approximate surface area is 382 Å². The Hall–Kier alpha value is -6.23. The number of hydrogen-bond donors (Lipinski definition) is 4. The number of phenolic OH excluding ortho intramolecular Hbond substituents is 2. The number of nitrogens with zero attached hydrogens (tertiary/aromatic N) is 2. The van der Waals surface area contributed by atoms with Gasteiger partial charge in [-0.2, -0.15) is 0 Å². The summed E-state index contributed by atoms with van der Waals surface area (Å²) < 4.78 is 13.5. The first-order valence-electron chi connectivity index (χ1n) is 23.6. The molecular formula is C54H64N4O7. The van der Waals surface area contributed by atoms with Crippen LogP contribution in [-0.4, -0.2) is 63.6 Å². The molecule has 11 heteroatoms. The van der Waals surface area contributed by atoms with Crippen molar-refractivity contribution in [2.24, 2.45) is 11.8 Å². The highest BCUT2D eigenvalue weighted by Gasteiger charge is 2.29.